The average molecular weight is 647 g/mol. The van der Waals surface area contributed by atoms with E-state index >= 15 is 0 Å². The van der Waals surface area contributed by atoms with Crippen molar-refractivity contribution in [1.29, 1.82) is 0 Å². The first-order valence-corrected chi connectivity index (χ1v) is 16.6. The van der Waals surface area contributed by atoms with Crippen molar-refractivity contribution in [2.45, 2.75) is 52.4 Å². The fourth-order valence-corrected chi connectivity index (χ4v) is 6.20. The topological polar surface area (TPSA) is 58.6 Å². The lowest BCUT2D eigenvalue weighted by molar-refractivity contribution is 0.444. The van der Waals surface area contributed by atoms with Crippen LogP contribution >= 0.6 is 0 Å². The molecule has 0 radical (unpaired) electrons. The molecule has 0 atom stereocenters. The summed E-state index contributed by atoms with van der Waals surface area (Å²) in [5, 5.41) is 13.5. The Kier molecular flexibility index (Phi) is 7.95. The number of oxazole rings is 1. The van der Waals surface area contributed by atoms with Crippen molar-refractivity contribution in [1.82, 2.24) is 4.98 Å². The molecule has 6 aromatic carbocycles. The Morgan fingerprint density at radius 2 is 1.33 bits per heavy atom. The third-order valence-electron chi connectivity index (χ3n) is 9.04. The molecule has 0 amide bonds. The molecule has 1 heterocycles. The van der Waals surface area contributed by atoms with Gasteiger partial charge < -0.3 is 9.52 Å². The number of benzene rings is 6. The van der Waals surface area contributed by atoms with Crippen LogP contribution in [-0.4, -0.2) is 16.3 Å². The summed E-state index contributed by atoms with van der Waals surface area (Å²) in [7, 11) is 0. The maximum absolute atomic E-state index is 13.5. The lowest BCUT2D eigenvalue weighted by Gasteiger charge is -2.27. The number of aliphatic imine (C=N–C) groups is 1. The molecule has 0 unspecified atom stereocenters. The number of phenols is 1. The number of nitrogens with zero attached hydrogens (tertiary/aromatic N) is 2. The van der Waals surface area contributed by atoms with Crippen LogP contribution in [0.1, 0.15) is 58.2 Å². The molecule has 49 heavy (non-hydrogen) atoms. The SMILES string of the molecule is CC(C)(C)c1cc(C=Nc2ccccc2-c2nc3c(-c4ccc5cc(-c6ccc(F)cc6)ccc5c4)cccc3o2)c(O)c(C(C)(C)C)c1. The second-order valence-corrected chi connectivity index (χ2v) is 14.7. The van der Waals surface area contributed by atoms with E-state index in [1.165, 1.54) is 12.1 Å². The van der Waals surface area contributed by atoms with E-state index in [1.54, 1.807) is 18.3 Å². The minimum atomic E-state index is -0.243. The largest absolute Gasteiger partial charge is 0.507 e. The van der Waals surface area contributed by atoms with Crippen LogP contribution in [-0.2, 0) is 10.8 Å². The predicted molar refractivity (Wildman–Crippen MR) is 201 cm³/mol. The van der Waals surface area contributed by atoms with E-state index in [2.05, 4.69) is 90.1 Å². The summed E-state index contributed by atoms with van der Waals surface area (Å²) in [6, 6.07) is 37.1. The summed E-state index contributed by atoms with van der Waals surface area (Å²) in [5.74, 6) is 0.478. The van der Waals surface area contributed by atoms with Crippen molar-refractivity contribution in [2.24, 2.45) is 4.99 Å². The van der Waals surface area contributed by atoms with Gasteiger partial charge >= 0.3 is 0 Å². The lowest BCUT2D eigenvalue weighted by atomic mass is 9.79. The number of aromatic nitrogens is 1. The summed E-state index contributed by atoms with van der Waals surface area (Å²) in [6.45, 7) is 12.8. The number of halogens is 1. The Hall–Kier alpha value is -5.55. The molecule has 0 aliphatic rings. The molecule has 244 valence electrons. The zero-order chi connectivity index (χ0) is 34.5. The lowest BCUT2D eigenvalue weighted by Crippen LogP contribution is -2.17. The Bertz CT molecular complexity index is 2370. The monoisotopic (exact) mass is 646 g/mol. The van der Waals surface area contributed by atoms with E-state index in [-0.39, 0.29) is 22.4 Å². The van der Waals surface area contributed by atoms with Crippen LogP contribution in [0.25, 0.3) is 55.6 Å². The summed E-state index contributed by atoms with van der Waals surface area (Å²) >= 11 is 0. The van der Waals surface area contributed by atoms with Crippen LogP contribution < -0.4 is 0 Å². The van der Waals surface area contributed by atoms with Gasteiger partial charge in [-0.05, 0) is 92.4 Å². The van der Waals surface area contributed by atoms with Crippen LogP contribution in [0.4, 0.5) is 10.1 Å². The molecule has 0 saturated carbocycles. The van der Waals surface area contributed by atoms with Gasteiger partial charge in [-0.15, -0.1) is 0 Å². The number of phenolic OH excluding ortho intramolecular Hbond substituents is 1. The number of para-hydroxylation sites is 2. The normalized spacial score (nSPS) is 12.4. The van der Waals surface area contributed by atoms with E-state index < -0.39 is 0 Å². The third-order valence-corrected chi connectivity index (χ3v) is 9.04. The zero-order valence-electron chi connectivity index (χ0n) is 28.7. The quantitative estimate of drug-likeness (QED) is 0.189. The second kappa shape index (κ2) is 12.2. The fraction of sp³-hybridized carbons (Fsp3) is 0.182. The van der Waals surface area contributed by atoms with Gasteiger partial charge in [0.2, 0.25) is 5.89 Å². The number of hydrogen-bond acceptors (Lipinski definition) is 4. The Morgan fingerprint density at radius 3 is 2.04 bits per heavy atom. The highest BCUT2D eigenvalue weighted by molar-refractivity contribution is 5.97. The molecule has 0 bridgehead atoms. The van der Waals surface area contributed by atoms with Crippen molar-refractivity contribution < 1.29 is 13.9 Å². The van der Waals surface area contributed by atoms with Crippen LogP contribution in [0.3, 0.4) is 0 Å². The van der Waals surface area contributed by atoms with Gasteiger partial charge in [-0.2, -0.15) is 0 Å². The molecule has 1 N–H and O–H groups in total. The molecule has 0 aliphatic carbocycles. The second-order valence-electron chi connectivity index (χ2n) is 14.7. The molecule has 5 heteroatoms. The van der Waals surface area contributed by atoms with Gasteiger partial charge in [0.1, 0.15) is 17.1 Å². The number of fused-ring (bicyclic) bond motifs is 2. The molecule has 4 nitrogen and oxygen atoms in total. The van der Waals surface area contributed by atoms with Crippen LogP contribution in [0, 0.1) is 5.82 Å². The summed E-state index contributed by atoms with van der Waals surface area (Å²) in [6.07, 6.45) is 1.74. The van der Waals surface area contributed by atoms with Crippen molar-refractivity contribution in [2.75, 3.05) is 0 Å². The van der Waals surface area contributed by atoms with Gasteiger partial charge in [0.05, 0.1) is 11.3 Å². The van der Waals surface area contributed by atoms with Crippen molar-refractivity contribution in [3.8, 4) is 39.5 Å². The minimum Gasteiger partial charge on any atom is -0.507 e. The molecule has 0 fully saturated rings. The van der Waals surface area contributed by atoms with Crippen molar-refractivity contribution in [3.63, 3.8) is 0 Å². The number of aromatic hydroxyl groups is 1. The maximum Gasteiger partial charge on any atom is 0.229 e. The first-order valence-electron chi connectivity index (χ1n) is 16.6. The molecule has 0 saturated heterocycles. The average Bonchev–Trinajstić information content (AvgIpc) is 3.51. The molecule has 0 aliphatic heterocycles. The van der Waals surface area contributed by atoms with E-state index in [0.717, 1.165) is 55.2 Å². The first kappa shape index (κ1) is 32.0. The van der Waals surface area contributed by atoms with Crippen molar-refractivity contribution in [3.05, 3.63) is 138 Å². The van der Waals surface area contributed by atoms with E-state index in [9.17, 15) is 9.50 Å². The van der Waals surface area contributed by atoms with E-state index in [0.29, 0.717) is 22.7 Å². The number of rotatable bonds is 5. The zero-order valence-corrected chi connectivity index (χ0v) is 28.7. The summed E-state index contributed by atoms with van der Waals surface area (Å²) < 4.78 is 19.8. The third kappa shape index (κ3) is 6.37. The molecular weight excluding hydrogens is 607 g/mol. The molecular formula is C44H39FN2O2. The van der Waals surface area contributed by atoms with Crippen LogP contribution in [0.2, 0.25) is 0 Å². The Morgan fingerprint density at radius 1 is 0.673 bits per heavy atom. The molecule has 7 aromatic rings. The van der Waals surface area contributed by atoms with Crippen LogP contribution in [0.15, 0.2) is 125 Å². The highest BCUT2D eigenvalue weighted by Gasteiger charge is 2.25. The Labute approximate surface area is 286 Å². The van der Waals surface area contributed by atoms with Gasteiger partial charge in [0, 0.05) is 22.9 Å². The predicted octanol–water partition coefficient (Wildman–Crippen LogP) is 12.2. The van der Waals surface area contributed by atoms with Gasteiger partial charge in [0.25, 0.3) is 0 Å². The highest BCUT2D eigenvalue weighted by atomic mass is 19.1. The van der Waals surface area contributed by atoms with Crippen molar-refractivity contribution >= 4 is 33.8 Å². The van der Waals surface area contributed by atoms with Gasteiger partial charge in [-0.25, -0.2) is 9.37 Å². The Balaban J connectivity index is 1.25. The van der Waals surface area contributed by atoms with Crippen LogP contribution in [0.5, 0.6) is 5.75 Å². The highest BCUT2D eigenvalue weighted by Crippen LogP contribution is 2.39. The van der Waals surface area contributed by atoms with Gasteiger partial charge in [-0.1, -0.05) is 108 Å². The molecule has 1 aromatic heterocycles. The summed E-state index contributed by atoms with van der Waals surface area (Å²) in [5.41, 5.74) is 9.29. The first-order chi connectivity index (χ1) is 23.3. The van der Waals surface area contributed by atoms with Gasteiger partial charge in [0.15, 0.2) is 5.58 Å². The van der Waals surface area contributed by atoms with Gasteiger partial charge in [-0.3, -0.25) is 4.99 Å². The van der Waals surface area contributed by atoms with E-state index in [4.69, 9.17) is 14.4 Å². The molecule has 0 spiro atoms. The minimum absolute atomic E-state index is 0.0952. The standard InChI is InChI=1S/C44H39FN2O2/c1-43(2,3)33-24-32(41(48)37(25-33)44(4,5)6)26-46-38-12-8-7-10-36(38)42-47-40-35(11-9-13-39(40)49-42)31-17-16-29-22-28(14-15-30(29)23-31)27-18-20-34(45)21-19-27/h7-26,48H,1-6H3. The fourth-order valence-electron chi connectivity index (χ4n) is 6.20. The maximum atomic E-state index is 13.5. The number of hydrogen-bond donors (Lipinski definition) is 1. The van der Waals surface area contributed by atoms with E-state index in [1.807, 2.05) is 42.5 Å². The smallest absolute Gasteiger partial charge is 0.229 e. The molecule has 7 rings (SSSR count). The summed E-state index contributed by atoms with van der Waals surface area (Å²) in [4.78, 5) is 9.88.